The summed E-state index contributed by atoms with van der Waals surface area (Å²) in [5, 5.41) is 0. The highest BCUT2D eigenvalue weighted by molar-refractivity contribution is 5.78. The molecule has 1 saturated carbocycles. The minimum Gasteiger partial charge on any atom is -0.300 e. The third kappa shape index (κ3) is 6.30. The largest absolute Gasteiger partial charge is 0.300 e. The van der Waals surface area contributed by atoms with Gasteiger partial charge in [0.1, 0.15) is 5.78 Å². The van der Waals surface area contributed by atoms with Crippen molar-refractivity contribution >= 4 is 5.78 Å². The molecule has 0 bridgehead atoms. The topological polar surface area (TPSA) is 17.1 Å². The number of Topliss-reactive ketones (excluding diaryl/α,β-unsaturated/α-hetero) is 1. The first-order valence-corrected chi connectivity index (χ1v) is 7.24. The van der Waals surface area contributed by atoms with Gasteiger partial charge in [0, 0.05) is 5.92 Å². The SMILES string of the molecule is CCCCCCCCC(CC1CC1)C(C)=O. The molecule has 0 spiro atoms. The molecule has 1 nitrogen and oxygen atoms in total. The highest BCUT2D eigenvalue weighted by atomic mass is 16.1. The second-order valence-electron chi connectivity index (χ2n) is 5.54. The molecule has 1 atom stereocenters. The van der Waals surface area contributed by atoms with Crippen molar-refractivity contribution in [3.05, 3.63) is 0 Å². The molecule has 0 aromatic heterocycles. The molecule has 94 valence electrons. The van der Waals surface area contributed by atoms with Crippen LogP contribution in [0.4, 0.5) is 0 Å². The van der Waals surface area contributed by atoms with Crippen LogP contribution in [-0.4, -0.2) is 5.78 Å². The minimum absolute atomic E-state index is 0.388. The van der Waals surface area contributed by atoms with Crippen LogP contribution in [0.2, 0.25) is 0 Å². The second kappa shape index (κ2) is 7.86. The lowest BCUT2D eigenvalue weighted by molar-refractivity contribution is -0.121. The molecule has 0 aromatic rings. The molecule has 1 fully saturated rings. The van der Waals surface area contributed by atoms with Crippen molar-refractivity contribution in [2.75, 3.05) is 0 Å². The maximum Gasteiger partial charge on any atom is 0.132 e. The number of hydrogen-bond donors (Lipinski definition) is 0. The van der Waals surface area contributed by atoms with Gasteiger partial charge in [-0.15, -0.1) is 0 Å². The lowest BCUT2D eigenvalue weighted by Crippen LogP contribution is -2.11. The van der Waals surface area contributed by atoms with Gasteiger partial charge in [-0.05, 0) is 25.7 Å². The number of rotatable bonds is 10. The molecule has 0 heterocycles. The number of carbonyl (C=O) groups excluding carboxylic acids is 1. The van der Waals surface area contributed by atoms with Crippen LogP contribution in [0.25, 0.3) is 0 Å². The average molecular weight is 224 g/mol. The highest BCUT2D eigenvalue weighted by Crippen LogP contribution is 2.36. The highest BCUT2D eigenvalue weighted by Gasteiger charge is 2.27. The summed E-state index contributed by atoms with van der Waals surface area (Å²) in [6.45, 7) is 4.03. The summed E-state index contributed by atoms with van der Waals surface area (Å²) in [5.74, 6) is 1.72. The summed E-state index contributed by atoms with van der Waals surface area (Å²) in [5.41, 5.74) is 0. The first-order valence-electron chi connectivity index (χ1n) is 7.24. The van der Waals surface area contributed by atoms with Gasteiger partial charge >= 0.3 is 0 Å². The fourth-order valence-electron chi connectivity index (χ4n) is 2.41. The van der Waals surface area contributed by atoms with Crippen LogP contribution in [0.3, 0.4) is 0 Å². The van der Waals surface area contributed by atoms with Crippen LogP contribution in [0.5, 0.6) is 0 Å². The molecule has 0 N–H and O–H groups in total. The van der Waals surface area contributed by atoms with Gasteiger partial charge in [0.25, 0.3) is 0 Å². The maximum absolute atomic E-state index is 11.5. The average Bonchev–Trinajstić information content (AvgIpc) is 3.05. The Balaban J connectivity index is 2.00. The number of carbonyl (C=O) groups is 1. The van der Waals surface area contributed by atoms with Gasteiger partial charge < -0.3 is 0 Å². The predicted molar refractivity (Wildman–Crippen MR) is 69.5 cm³/mol. The standard InChI is InChI=1S/C15H28O/c1-3-4-5-6-7-8-9-15(13(2)16)12-14-10-11-14/h14-15H,3-12H2,1-2H3. The van der Waals surface area contributed by atoms with Gasteiger partial charge in [0.2, 0.25) is 0 Å². The van der Waals surface area contributed by atoms with Gasteiger partial charge in [-0.3, -0.25) is 4.79 Å². The Morgan fingerprint density at radius 1 is 1.12 bits per heavy atom. The van der Waals surface area contributed by atoms with Gasteiger partial charge in [0.05, 0.1) is 0 Å². The van der Waals surface area contributed by atoms with Crippen molar-refractivity contribution in [1.82, 2.24) is 0 Å². The van der Waals surface area contributed by atoms with Crippen molar-refractivity contribution in [3.8, 4) is 0 Å². The molecule has 1 unspecified atom stereocenters. The van der Waals surface area contributed by atoms with E-state index in [1.54, 1.807) is 6.92 Å². The molecule has 0 saturated heterocycles. The van der Waals surface area contributed by atoms with Crippen LogP contribution in [0.1, 0.15) is 78.1 Å². The fourth-order valence-corrected chi connectivity index (χ4v) is 2.41. The summed E-state index contributed by atoms with van der Waals surface area (Å²) in [6, 6.07) is 0. The van der Waals surface area contributed by atoms with Crippen LogP contribution < -0.4 is 0 Å². The van der Waals surface area contributed by atoms with Crippen LogP contribution in [0.15, 0.2) is 0 Å². The van der Waals surface area contributed by atoms with E-state index in [-0.39, 0.29) is 0 Å². The van der Waals surface area contributed by atoms with Crippen molar-refractivity contribution in [1.29, 1.82) is 0 Å². The smallest absolute Gasteiger partial charge is 0.132 e. The van der Waals surface area contributed by atoms with Gasteiger partial charge in [-0.25, -0.2) is 0 Å². The zero-order chi connectivity index (χ0) is 11.8. The Labute approximate surface area is 101 Å². The number of hydrogen-bond acceptors (Lipinski definition) is 1. The van der Waals surface area contributed by atoms with E-state index in [0.717, 1.165) is 12.3 Å². The Kier molecular flexibility index (Phi) is 6.75. The van der Waals surface area contributed by atoms with Gasteiger partial charge in [-0.2, -0.15) is 0 Å². The Hall–Kier alpha value is -0.330. The molecule has 0 aliphatic heterocycles. The predicted octanol–water partition coefficient (Wildman–Crippen LogP) is 4.74. The summed E-state index contributed by atoms with van der Waals surface area (Å²) < 4.78 is 0. The van der Waals surface area contributed by atoms with E-state index in [0.29, 0.717) is 11.7 Å². The Morgan fingerprint density at radius 2 is 1.75 bits per heavy atom. The van der Waals surface area contributed by atoms with Crippen molar-refractivity contribution < 1.29 is 4.79 Å². The lowest BCUT2D eigenvalue weighted by atomic mass is 9.92. The second-order valence-corrected chi connectivity index (χ2v) is 5.54. The van der Waals surface area contributed by atoms with E-state index >= 15 is 0 Å². The van der Waals surface area contributed by atoms with E-state index in [1.807, 2.05) is 0 Å². The zero-order valence-corrected chi connectivity index (χ0v) is 11.1. The molecular formula is C15H28O. The minimum atomic E-state index is 0.388. The normalized spacial score (nSPS) is 17.4. The Bertz CT molecular complexity index is 194. The number of ketones is 1. The molecule has 0 radical (unpaired) electrons. The number of unbranched alkanes of at least 4 members (excludes halogenated alkanes) is 5. The van der Waals surface area contributed by atoms with E-state index in [1.165, 1.54) is 57.8 Å². The molecule has 1 rings (SSSR count). The van der Waals surface area contributed by atoms with E-state index in [4.69, 9.17) is 0 Å². The maximum atomic E-state index is 11.5. The van der Waals surface area contributed by atoms with E-state index in [2.05, 4.69) is 6.92 Å². The fraction of sp³-hybridized carbons (Fsp3) is 0.933. The van der Waals surface area contributed by atoms with Gasteiger partial charge in [0.15, 0.2) is 0 Å². The summed E-state index contributed by atoms with van der Waals surface area (Å²) in [4.78, 5) is 11.5. The molecule has 1 aliphatic carbocycles. The molecular weight excluding hydrogens is 196 g/mol. The third-order valence-corrected chi connectivity index (χ3v) is 3.80. The molecule has 1 heteroatoms. The monoisotopic (exact) mass is 224 g/mol. The van der Waals surface area contributed by atoms with Crippen LogP contribution in [0, 0.1) is 11.8 Å². The Morgan fingerprint density at radius 3 is 2.31 bits per heavy atom. The lowest BCUT2D eigenvalue weighted by Gasteiger charge is -2.12. The summed E-state index contributed by atoms with van der Waals surface area (Å²) in [7, 11) is 0. The summed E-state index contributed by atoms with van der Waals surface area (Å²) >= 11 is 0. The van der Waals surface area contributed by atoms with Crippen molar-refractivity contribution in [3.63, 3.8) is 0 Å². The van der Waals surface area contributed by atoms with Crippen molar-refractivity contribution in [2.24, 2.45) is 11.8 Å². The van der Waals surface area contributed by atoms with E-state index < -0.39 is 0 Å². The molecule has 16 heavy (non-hydrogen) atoms. The van der Waals surface area contributed by atoms with Crippen LogP contribution >= 0.6 is 0 Å². The molecule has 0 amide bonds. The first kappa shape index (κ1) is 13.7. The quantitative estimate of drug-likeness (QED) is 0.490. The van der Waals surface area contributed by atoms with Crippen LogP contribution in [-0.2, 0) is 4.79 Å². The van der Waals surface area contributed by atoms with E-state index in [9.17, 15) is 4.79 Å². The molecule has 1 aliphatic rings. The van der Waals surface area contributed by atoms with Gasteiger partial charge in [-0.1, -0.05) is 58.3 Å². The third-order valence-electron chi connectivity index (χ3n) is 3.80. The van der Waals surface area contributed by atoms with Crippen molar-refractivity contribution in [2.45, 2.75) is 78.1 Å². The zero-order valence-electron chi connectivity index (χ0n) is 11.1. The summed E-state index contributed by atoms with van der Waals surface area (Å²) in [6.07, 6.45) is 13.1. The molecule has 0 aromatic carbocycles. The first-order chi connectivity index (χ1) is 7.74.